The summed E-state index contributed by atoms with van der Waals surface area (Å²) in [4.78, 5) is 32.7. The summed E-state index contributed by atoms with van der Waals surface area (Å²) in [5.74, 6) is 2.97. The molecule has 7 heteroatoms. The van der Waals surface area contributed by atoms with E-state index in [0.717, 1.165) is 37.1 Å². The van der Waals surface area contributed by atoms with Gasteiger partial charge in [-0.25, -0.2) is 4.98 Å². The number of aromatic nitrogens is 2. The Kier molecular flexibility index (Phi) is 5.20. The van der Waals surface area contributed by atoms with Gasteiger partial charge >= 0.3 is 0 Å². The Labute approximate surface area is 195 Å². The maximum absolute atomic E-state index is 13.2. The first kappa shape index (κ1) is 21.1. The molecule has 7 rings (SSSR count). The van der Waals surface area contributed by atoms with Crippen molar-refractivity contribution in [2.45, 2.75) is 51.4 Å². The van der Waals surface area contributed by atoms with Crippen LogP contribution in [0.5, 0.6) is 0 Å². The van der Waals surface area contributed by atoms with Crippen LogP contribution in [-0.4, -0.2) is 52.3 Å². The van der Waals surface area contributed by atoms with Crippen LogP contribution in [0, 0.1) is 29.1 Å². The molecule has 1 aliphatic heterocycles. The maximum atomic E-state index is 13.2. The zero-order valence-corrected chi connectivity index (χ0v) is 19.3. The molecule has 4 aliphatic carbocycles. The molecule has 5 fully saturated rings. The van der Waals surface area contributed by atoms with Crippen LogP contribution >= 0.6 is 0 Å². The van der Waals surface area contributed by atoms with Gasteiger partial charge in [-0.3, -0.25) is 14.0 Å². The first-order valence-electron chi connectivity index (χ1n) is 12.8. The van der Waals surface area contributed by atoms with E-state index in [0.29, 0.717) is 48.0 Å². The number of hydrogen-bond acceptors (Lipinski definition) is 4. The van der Waals surface area contributed by atoms with Crippen LogP contribution in [0.1, 0.15) is 72.3 Å². The summed E-state index contributed by atoms with van der Waals surface area (Å²) < 4.78 is 1.77. The van der Waals surface area contributed by atoms with E-state index >= 15 is 0 Å². The van der Waals surface area contributed by atoms with Gasteiger partial charge in [0.2, 0.25) is 0 Å². The van der Waals surface area contributed by atoms with Gasteiger partial charge in [-0.15, -0.1) is 0 Å². The molecule has 4 saturated carbocycles. The molecule has 2 amide bonds. The lowest BCUT2D eigenvalue weighted by atomic mass is 9.49. The number of nitrogens with two attached hydrogens (primary N) is 1. The largest absolute Gasteiger partial charge is 0.350 e. The minimum Gasteiger partial charge on any atom is -0.350 e. The van der Waals surface area contributed by atoms with Crippen LogP contribution in [-0.2, 0) is 0 Å². The van der Waals surface area contributed by atoms with Crippen molar-refractivity contribution >= 4 is 17.5 Å². The molecule has 2 aromatic rings. The van der Waals surface area contributed by atoms with E-state index in [2.05, 4.69) is 10.3 Å². The fourth-order valence-corrected chi connectivity index (χ4v) is 7.70. The number of carbonyl (C=O) groups is 2. The third kappa shape index (κ3) is 3.84. The predicted molar refractivity (Wildman–Crippen MR) is 126 cm³/mol. The van der Waals surface area contributed by atoms with Gasteiger partial charge in [-0.2, -0.15) is 0 Å². The first-order valence-corrected chi connectivity index (χ1v) is 12.8. The molecule has 5 aliphatic rings. The number of pyridine rings is 1. The highest BCUT2D eigenvalue weighted by molar-refractivity contribution is 5.95. The van der Waals surface area contributed by atoms with Crippen LogP contribution in [0.25, 0.3) is 5.65 Å². The summed E-state index contributed by atoms with van der Waals surface area (Å²) >= 11 is 0. The number of nitrogens with one attached hydrogen (secondary N) is 1. The average Bonchev–Trinajstić information content (AvgIpc) is 3.26. The third-order valence-corrected chi connectivity index (χ3v) is 8.97. The summed E-state index contributed by atoms with van der Waals surface area (Å²) in [6.45, 7) is 2.88. The Bertz CT molecular complexity index is 1030. The van der Waals surface area contributed by atoms with Crippen molar-refractivity contribution in [3.8, 4) is 0 Å². The summed E-state index contributed by atoms with van der Waals surface area (Å²) in [5.41, 5.74) is 7.67. The number of hydrogen-bond donors (Lipinski definition) is 2. The van der Waals surface area contributed by atoms with Crippen molar-refractivity contribution in [1.82, 2.24) is 19.6 Å². The second-order valence-electron chi connectivity index (χ2n) is 11.3. The van der Waals surface area contributed by atoms with E-state index in [1.54, 1.807) is 10.6 Å². The number of rotatable bonds is 5. The molecule has 3 N–H and O–H groups in total. The second-order valence-corrected chi connectivity index (χ2v) is 11.3. The van der Waals surface area contributed by atoms with E-state index in [4.69, 9.17) is 5.73 Å². The fraction of sp³-hybridized carbons (Fsp3) is 0.654. The first-order chi connectivity index (χ1) is 16.0. The van der Waals surface area contributed by atoms with E-state index < -0.39 is 0 Å². The topological polar surface area (TPSA) is 92.7 Å². The Morgan fingerprint density at radius 3 is 2.36 bits per heavy atom. The SMILES string of the molecule is NCC1CCN(C(=O)c2cn3c(C(=O)NCC45CC6CC(CC(C6)C4)C5)cccc3n2)CC1. The number of amides is 2. The number of fused-ring (bicyclic) bond motifs is 1. The molecule has 176 valence electrons. The van der Waals surface area contributed by atoms with Gasteiger partial charge in [-0.1, -0.05) is 6.07 Å². The van der Waals surface area contributed by atoms with Crippen molar-refractivity contribution in [3.05, 3.63) is 35.8 Å². The lowest BCUT2D eigenvalue weighted by molar-refractivity contribution is -0.0503. The summed E-state index contributed by atoms with van der Waals surface area (Å²) in [6, 6.07) is 5.53. The van der Waals surface area contributed by atoms with E-state index in [1.807, 2.05) is 23.1 Å². The summed E-state index contributed by atoms with van der Waals surface area (Å²) in [7, 11) is 0. The van der Waals surface area contributed by atoms with Crippen LogP contribution in [0.4, 0.5) is 0 Å². The van der Waals surface area contributed by atoms with Crippen molar-refractivity contribution in [1.29, 1.82) is 0 Å². The number of carbonyl (C=O) groups excluding carboxylic acids is 2. The van der Waals surface area contributed by atoms with E-state index in [1.165, 1.54) is 38.5 Å². The summed E-state index contributed by atoms with van der Waals surface area (Å²) in [5, 5.41) is 3.27. The van der Waals surface area contributed by atoms with Gasteiger partial charge < -0.3 is 16.0 Å². The Morgan fingerprint density at radius 2 is 1.73 bits per heavy atom. The van der Waals surface area contributed by atoms with Crippen LogP contribution in [0.15, 0.2) is 24.4 Å². The van der Waals surface area contributed by atoms with Crippen molar-refractivity contribution in [2.75, 3.05) is 26.2 Å². The highest BCUT2D eigenvalue weighted by Crippen LogP contribution is 2.59. The maximum Gasteiger partial charge on any atom is 0.274 e. The number of imidazole rings is 1. The quantitative estimate of drug-likeness (QED) is 0.734. The molecule has 33 heavy (non-hydrogen) atoms. The van der Waals surface area contributed by atoms with Gasteiger partial charge in [0.05, 0.1) is 0 Å². The zero-order chi connectivity index (χ0) is 22.6. The monoisotopic (exact) mass is 449 g/mol. The number of piperidine rings is 1. The van der Waals surface area contributed by atoms with Crippen molar-refractivity contribution in [2.24, 2.45) is 34.8 Å². The van der Waals surface area contributed by atoms with E-state index in [9.17, 15) is 9.59 Å². The average molecular weight is 450 g/mol. The lowest BCUT2D eigenvalue weighted by Crippen LogP contribution is -2.51. The molecule has 3 heterocycles. The van der Waals surface area contributed by atoms with Crippen molar-refractivity contribution in [3.63, 3.8) is 0 Å². The van der Waals surface area contributed by atoms with Gasteiger partial charge in [0.15, 0.2) is 0 Å². The molecular weight excluding hydrogens is 414 g/mol. The molecule has 0 atom stereocenters. The van der Waals surface area contributed by atoms with Crippen molar-refractivity contribution < 1.29 is 9.59 Å². The van der Waals surface area contributed by atoms with Gasteiger partial charge in [0.1, 0.15) is 17.0 Å². The Morgan fingerprint density at radius 1 is 1.06 bits per heavy atom. The predicted octanol–water partition coefficient (Wildman–Crippen LogP) is 3.09. The van der Waals surface area contributed by atoms with Crippen LogP contribution in [0.3, 0.4) is 0 Å². The van der Waals surface area contributed by atoms with Crippen LogP contribution < -0.4 is 11.1 Å². The highest BCUT2D eigenvalue weighted by Gasteiger charge is 2.50. The molecule has 2 aromatic heterocycles. The fourth-order valence-electron chi connectivity index (χ4n) is 7.70. The summed E-state index contributed by atoms with van der Waals surface area (Å²) in [6.07, 6.45) is 11.6. The minimum atomic E-state index is -0.0727. The number of likely N-dealkylation sites (tertiary alicyclic amines) is 1. The van der Waals surface area contributed by atoms with Gasteiger partial charge in [-0.05, 0) is 99.1 Å². The Hall–Kier alpha value is -2.41. The zero-order valence-electron chi connectivity index (χ0n) is 19.3. The molecular formula is C26H35N5O2. The molecule has 0 unspecified atom stereocenters. The molecule has 0 radical (unpaired) electrons. The standard InChI is InChI=1S/C26H35N5O2/c27-14-17-4-6-30(7-5-17)25(33)21-15-31-22(2-1-3-23(31)29-21)24(32)28-16-26-11-18-8-19(12-26)10-20(9-18)13-26/h1-3,15,17-20H,4-14,16,27H2,(H,28,32). The molecule has 0 aromatic carbocycles. The smallest absolute Gasteiger partial charge is 0.274 e. The highest BCUT2D eigenvalue weighted by atomic mass is 16.2. The Balaban J connectivity index is 1.17. The molecule has 7 nitrogen and oxygen atoms in total. The minimum absolute atomic E-state index is 0.0610. The van der Waals surface area contributed by atoms with Crippen LogP contribution in [0.2, 0.25) is 0 Å². The van der Waals surface area contributed by atoms with E-state index in [-0.39, 0.29) is 11.8 Å². The normalized spacial score (nSPS) is 31.3. The molecule has 0 spiro atoms. The third-order valence-electron chi connectivity index (χ3n) is 8.97. The second kappa shape index (κ2) is 8.12. The van der Waals surface area contributed by atoms with Gasteiger partial charge in [0, 0.05) is 25.8 Å². The molecule has 1 saturated heterocycles. The number of nitrogens with zero attached hydrogens (tertiary/aromatic N) is 3. The molecule has 4 bridgehead atoms. The lowest BCUT2D eigenvalue weighted by Gasteiger charge is -2.56. The van der Waals surface area contributed by atoms with Gasteiger partial charge in [0.25, 0.3) is 11.8 Å².